The quantitative estimate of drug-likeness (QED) is 0.471. The number of rotatable bonds is 6. The highest BCUT2D eigenvalue weighted by Crippen LogP contribution is 2.31. The fourth-order valence-electron chi connectivity index (χ4n) is 2.98. The average molecular weight is 413 g/mol. The molecule has 0 aliphatic carbocycles. The molecule has 28 heavy (non-hydrogen) atoms. The van der Waals surface area contributed by atoms with Crippen LogP contribution in [0.3, 0.4) is 0 Å². The topological polar surface area (TPSA) is 55.0 Å². The molecule has 4 aromatic rings. The standard InChI is InChI=1S/C21H17FN2O2S2/c1-26-17-5-3-2-4-14(17)10-27-12-18-23-20(25)19-16(11-28-21(19)24-18)13-6-8-15(22)9-7-13/h2-9,11H,10,12H2,1H3,(H,23,24,25). The highest BCUT2D eigenvalue weighted by Gasteiger charge is 2.13. The van der Waals surface area contributed by atoms with Crippen LogP contribution >= 0.6 is 23.1 Å². The number of H-pyrrole nitrogens is 1. The predicted octanol–water partition coefficient (Wildman–Crippen LogP) is 5.23. The Hall–Kier alpha value is -2.64. The van der Waals surface area contributed by atoms with Crippen molar-refractivity contribution in [3.05, 3.63) is 81.5 Å². The number of para-hydroxylation sites is 1. The van der Waals surface area contributed by atoms with Crippen LogP contribution in [0.25, 0.3) is 21.3 Å². The summed E-state index contributed by atoms with van der Waals surface area (Å²) in [6.07, 6.45) is 0. The number of thioether (sulfide) groups is 1. The van der Waals surface area contributed by atoms with Crippen molar-refractivity contribution in [1.29, 1.82) is 0 Å². The first kappa shape index (κ1) is 18.7. The number of methoxy groups -OCH3 is 1. The predicted molar refractivity (Wildman–Crippen MR) is 114 cm³/mol. The van der Waals surface area contributed by atoms with Gasteiger partial charge in [-0.15, -0.1) is 23.1 Å². The minimum Gasteiger partial charge on any atom is -0.496 e. The second kappa shape index (κ2) is 8.16. The summed E-state index contributed by atoms with van der Waals surface area (Å²) in [6, 6.07) is 14.0. The molecule has 2 aromatic carbocycles. The van der Waals surface area contributed by atoms with Crippen molar-refractivity contribution in [2.75, 3.05) is 7.11 Å². The Balaban J connectivity index is 1.55. The lowest BCUT2D eigenvalue weighted by atomic mass is 10.1. The molecule has 0 atom stereocenters. The zero-order valence-corrected chi connectivity index (χ0v) is 16.7. The number of nitrogens with zero attached hydrogens (tertiary/aromatic N) is 1. The molecule has 0 bridgehead atoms. The SMILES string of the molecule is COc1ccccc1CSCc1nc2scc(-c3ccc(F)cc3)c2c(=O)[nH]1. The summed E-state index contributed by atoms with van der Waals surface area (Å²) in [5, 5.41) is 2.45. The summed E-state index contributed by atoms with van der Waals surface area (Å²) in [5.41, 5.74) is 2.52. The molecule has 142 valence electrons. The third kappa shape index (κ3) is 3.81. The molecule has 4 rings (SSSR count). The third-order valence-electron chi connectivity index (χ3n) is 4.34. The molecule has 1 N–H and O–H groups in total. The van der Waals surface area contributed by atoms with E-state index in [1.54, 1.807) is 31.0 Å². The van der Waals surface area contributed by atoms with Crippen LogP contribution in [0.15, 0.2) is 58.7 Å². The summed E-state index contributed by atoms with van der Waals surface area (Å²) in [4.78, 5) is 20.9. The van der Waals surface area contributed by atoms with Gasteiger partial charge in [-0.2, -0.15) is 0 Å². The molecule has 0 fully saturated rings. The van der Waals surface area contributed by atoms with Crippen LogP contribution in [0.1, 0.15) is 11.4 Å². The number of benzene rings is 2. The molecular weight excluding hydrogens is 395 g/mol. The van der Waals surface area contributed by atoms with Gasteiger partial charge in [-0.3, -0.25) is 4.79 Å². The summed E-state index contributed by atoms with van der Waals surface area (Å²) in [7, 11) is 1.66. The lowest BCUT2D eigenvalue weighted by Gasteiger charge is -2.07. The van der Waals surface area contributed by atoms with Crippen molar-refractivity contribution in [2.45, 2.75) is 11.5 Å². The van der Waals surface area contributed by atoms with E-state index in [0.717, 1.165) is 28.2 Å². The first-order chi connectivity index (χ1) is 13.7. The van der Waals surface area contributed by atoms with Gasteiger partial charge < -0.3 is 9.72 Å². The Kier molecular flexibility index (Phi) is 5.45. The van der Waals surface area contributed by atoms with Crippen molar-refractivity contribution in [3.8, 4) is 16.9 Å². The number of aromatic amines is 1. The van der Waals surface area contributed by atoms with Gasteiger partial charge in [0, 0.05) is 22.3 Å². The molecule has 0 aliphatic rings. The van der Waals surface area contributed by atoms with E-state index in [0.29, 0.717) is 21.8 Å². The molecule has 0 aliphatic heterocycles. The summed E-state index contributed by atoms with van der Waals surface area (Å²) in [6.45, 7) is 0. The van der Waals surface area contributed by atoms with Gasteiger partial charge in [0.05, 0.1) is 18.2 Å². The number of hydrogen-bond donors (Lipinski definition) is 1. The van der Waals surface area contributed by atoms with Crippen LogP contribution < -0.4 is 10.3 Å². The van der Waals surface area contributed by atoms with E-state index in [4.69, 9.17) is 4.74 Å². The van der Waals surface area contributed by atoms with Crippen molar-refractivity contribution >= 4 is 33.3 Å². The fraction of sp³-hybridized carbons (Fsp3) is 0.143. The second-order valence-electron chi connectivity index (χ2n) is 6.15. The minimum atomic E-state index is -0.301. The monoisotopic (exact) mass is 412 g/mol. The van der Waals surface area contributed by atoms with Gasteiger partial charge in [-0.25, -0.2) is 9.37 Å². The van der Waals surface area contributed by atoms with E-state index < -0.39 is 0 Å². The van der Waals surface area contributed by atoms with Gasteiger partial charge in [0.25, 0.3) is 5.56 Å². The first-order valence-corrected chi connectivity index (χ1v) is 10.6. The van der Waals surface area contributed by atoms with Crippen molar-refractivity contribution in [3.63, 3.8) is 0 Å². The Morgan fingerprint density at radius 3 is 2.71 bits per heavy atom. The minimum absolute atomic E-state index is 0.168. The number of aromatic nitrogens is 2. The largest absolute Gasteiger partial charge is 0.496 e. The number of hydrogen-bond acceptors (Lipinski definition) is 5. The Morgan fingerprint density at radius 2 is 1.93 bits per heavy atom. The zero-order valence-electron chi connectivity index (χ0n) is 15.1. The van der Waals surface area contributed by atoms with Crippen LogP contribution in [0.5, 0.6) is 5.75 Å². The molecule has 0 spiro atoms. The Bertz CT molecular complexity index is 1170. The molecule has 0 amide bonds. The van der Waals surface area contributed by atoms with E-state index >= 15 is 0 Å². The summed E-state index contributed by atoms with van der Waals surface area (Å²) >= 11 is 3.08. The van der Waals surface area contributed by atoms with Gasteiger partial charge >= 0.3 is 0 Å². The van der Waals surface area contributed by atoms with Crippen LogP contribution in [0, 0.1) is 5.82 Å². The normalized spacial score (nSPS) is 11.1. The van der Waals surface area contributed by atoms with Gasteiger partial charge in [-0.05, 0) is 23.8 Å². The molecule has 0 radical (unpaired) electrons. The molecule has 0 unspecified atom stereocenters. The number of halogens is 1. The maximum Gasteiger partial charge on any atom is 0.260 e. The van der Waals surface area contributed by atoms with Crippen molar-refractivity contribution in [2.24, 2.45) is 0 Å². The van der Waals surface area contributed by atoms with Crippen LogP contribution in [-0.4, -0.2) is 17.1 Å². The van der Waals surface area contributed by atoms with E-state index in [1.165, 1.54) is 23.5 Å². The average Bonchev–Trinajstić information content (AvgIpc) is 3.13. The van der Waals surface area contributed by atoms with Gasteiger partial charge in [-0.1, -0.05) is 30.3 Å². The van der Waals surface area contributed by atoms with E-state index in [9.17, 15) is 9.18 Å². The highest BCUT2D eigenvalue weighted by molar-refractivity contribution is 7.97. The molecule has 4 nitrogen and oxygen atoms in total. The second-order valence-corrected chi connectivity index (χ2v) is 8.00. The first-order valence-electron chi connectivity index (χ1n) is 8.61. The molecule has 0 saturated carbocycles. The molecule has 7 heteroatoms. The number of fused-ring (bicyclic) bond motifs is 1. The summed E-state index contributed by atoms with van der Waals surface area (Å²) in [5.74, 6) is 2.55. The molecule has 2 heterocycles. The zero-order chi connectivity index (χ0) is 19.5. The maximum absolute atomic E-state index is 13.2. The number of thiophene rings is 1. The smallest absolute Gasteiger partial charge is 0.260 e. The van der Waals surface area contributed by atoms with Gasteiger partial charge in [0.15, 0.2) is 0 Å². The maximum atomic E-state index is 13.2. The summed E-state index contributed by atoms with van der Waals surface area (Å²) < 4.78 is 18.5. The Labute approximate surface area is 169 Å². The van der Waals surface area contributed by atoms with Crippen LogP contribution in [0.2, 0.25) is 0 Å². The third-order valence-corrected chi connectivity index (χ3v) is 6.20. The Morgan fingerprint density at radius 1 is 1.14 bits per heavy atom. The van der Waals surface area contributed by atoms with Gasteiger partial charge in [0.2, 0.25) is 0 Å². The number of nitrogens with one attached hydrogen (secondary N) is 1. The molecule has 2 aromatic heterocycles. The van der Waals surface area contributed by atoms with Gasteiger partial charge in [0.1, 0.15) is 22.2 Å². The lowest BCUT2D eigenvalue weighted by Crippen LogP contribution is -2.10. The molecule has 0 saturated heterocycles. The number of ether oxygens (including phenoxy) is 1. The van der Waals surface area contributed by atoms with Crippen molar-refractivity contribution < 1.29 is 9.13 Å². The lowest BCUT2D eigenvalue weighted by molar-refractivity contribution is 0.411. The van der Waals surface area contributed by atoms with Crippen LogP contribution in [0.4, 0.5) is 4.39 Å². The van der Waals surface area contributed by atoms with Crippen molar-refractivity contribution in [1.82, 2.24) is 9.97 Å². The van der Waals surface area contributed by atoms with E-state index in [-0.39, 0.29) is 11.4 Å². The highest BCUT2D eigenvalue weighted by atomic mass is 32.2. The van der Waals surface area contributed by atoms with E-state index in [1.807, 2.05) is 29.6 Å². The van der Waals surface area contributed by atoms with E-state index in [2.05, 4.69) is 9.97 Å². The fourth-order valence-corrected chi connectivity index (χ4v) is 4.84. The van der Waals surface area contributed by atoms with Crippen LogP contribution in [-0.2, 0) is 11.5 Å². The molecular formula is C21H17FN2O2S2.